The largest absolute Gasteiger partial charge is 0.394 e. The normalized spacial score (nSPS) is 23.1. The van der Waals surface area contributed by atoms with Crippen molar-refractivity contribution in [1.29, 1.82) is 0 Å². The summed E-state index contributed by atoms with van der Waals surface area (Å²) in [6, 6.07) is 29.8. The fourth-order valence-electron chi connectivity index (χ4n) is 3.64. The van der Waals surface area contributed by atoms with E-state index in [1.165, 1.54) is 0 Å². The van der Waals surface area contributed by atoms with Gasteiger partial charge in [0.2, 0.25) is 0 Å². The number of benzene rings is 3. The van der Waals surface area contributed by atoms with Gasteiger partial charge in [0, 0.05) is 0 Å². The van der Waals surface area contributed by atoms with Gasteiger partial charge in [-0.1, -0.05) is 91.0 Å². The van der Waals surface area contributed by atoms with Crippen LogP contribution in [0.15, 0.2) is 91.0 Å². The fourth-order valence-corrected chi connectivity index (χ4v) is 3.64. The van der Waals surface area contributed by atoms with Gasteiger partial charge in [-0.25, -0.2) is 0 Å². The number of ether oxygens (including phenoxy) is 4. The Hall–Kier alpha value is -2.54. The average Bonchev–Trinajstić information content (AvgIpc) is 3.18. The summed E-state index contributed by atoms with van der Waals surface area (Å²) in [5.74, 6) is 0. The molecule has 162 valence electrons. The van der Waals surface area contributed by atoms with Crippen molar-refractivity contribution in [3.8, 4) is 0 Å². The van der Waals surface area contributed by atoms with E-state index in [9.17, 15) is 5.11 Å². The standard InChI is InChI=1S/C26H28O5/c27-16-23-24(28-17-20-10-4-1-5-11-20)25(29-18-21-12-6-2-7-13-21)26(31-23)30-19-22-14-8-3-9-15-22/h1-15,23-27H,16-19H2. The van der Waals surface area contributed by atoms with Gasteiger partial charge in [0.05, 0.1) is 26.4 Å². The first-order chi connectivity index (χ1) is 15.3. The number of aliphatic hydroxyl groups is 1. The molecule has 3 aromatic carbocycles. The molecule has 0 amide bonds. The van der Waals surface area contributed by atoms with Crippen LogP contribution >= 0.6 is 0 Å². The number of rotatable bonds is 10. The van der Waals surface area contributed by atoms with E-state index in [-0.39, 0.29) is 6.61 Å². The average molecular weight is 421 g/mol. The van der Waals surface area contributed by atoms with Crippen molar-refractivity contribution >= 4 is 0 Å². The first-order valence-corrected chi connectivity index (χ1v) is 10.6. The number of hydrogen-bond donors (Lipinski definition) is 1. The van der Waals surface area contributed by atoms with Crippen molar-refractivity contribution in [3.63, 3.8) is 0 Å². The number of aliphatic hydroxyl groups excluding tert-OH is 1. The fraction of sp³-hybridized carbons (Fsp3) is 0.308. The quantitative estimate of drug-likeness (QED) is 0.535. The molecule has 1 N–H and O–H groups in total. The monoisotopic (exact) mass is 420 g/mol. The van der Waals surface area contributed by atoms with Crippen molar-refractivity contribution in [3.05, 3.63) is 108 Å². The predicted molar refractivity (Wildman–Crippen MR) is 117 cm³/mol. The summed E-state index contributed by atoms with van der Waals surface area (Å²) in [4.78, 5) is 0. The molecule has 0 bridgehead atoms. The zero-order valence-electron chi connectivity index (χ0n) is 17.4. The molecule has 1 saturated heterocycles. The molecule has 1 fully saturated rings. The summed E-state index contributed by atoms with van der Waals surface area (Å²) in [5, 5.41) is 9.92. The van der Waals surface area contributed by atoms with Crippen LogP contribution in [0.5, 0.6) is 0 Å². The Kier molecular flexibility index (Phi) is 7.82. The molecule has 0 aromatic heterocycles. The Morgan fingerprint density at radius 3 is 1.45 bits per heavy atom. The Morgan fingerprint density at radius 1 is 0.581 bits per heavy atom. The minimum atomic E-state index is -0.637. The molecule has 31 heavy (non-hydrogen) atoms. The van der Waals surface area contributed by atoms with Crippen LogP contribution in [0.4, 0.5) is 0 Å². The molecular formula is C26H28O5. The molecule has 0 saturated carbocycles. The van der Waals surface area contributed by atoms with Crippen molar-refractivity contribution in [2.75, 3.05) is 6.61 Å². The van der Waals surface area contributed by atoms with Crippen molar-refractivity contribution < 1.29 is 24.1 Å². The summed E-state index contributed by atoms with van der Waals surface area (Å²) in [6.07, 6.45) is -2.08. The molecule has 1 aliphatic heterocycles. The molecule has 1 heterocycles. The molecule has 1 aliphatic rings. The maximum Gasteiger partial charge on any atom is 0.187 e. The lowest BCUT2D eigenvalue weighted by molar-refractivity contribution is -0.189. The molecule has 4 rings (SSSR count). The van der Waals surface area contributed by atoms with Gasteiger partial charge in [-0.3, -0.25) is 0 Å². The Labute approximate surface area is 183 Å². The Bertz CT molecular complexity index is 887. The van der Waals surface area contributed by atoms with Gasteiger partial charge in [-0.15, -0.1) is 0 Å². The van der Waals surface area contributed by atoms with E-state index in [2.05, 4.69) is 0 Å². The Morgan fingerprint density at radius 2 is 1.00 bits per heavy atom. The summed E-state index contributed by atoms with van der Waals surface area (Å²) >= 11 is 0. The second kappa shape index (κ2) is 11.2. The van der Waals surface area contributed by atoms with E-state index >= 15 is 0 Å². The van der Waals surface area contributed by atoms with Crippen molar-refractivity contribution in [2.45, 2.75) is 44.4 Å². The van der Waals surface area contributed by atoms with Crippen molar-refractivity contribution in [1.82, 2.24) is 0 Å². The van der Waals surface area contributed by atoms with Crippen LogP contribution in [-0.2, 0) is 38.8 Å². The SMILES string of the molecule is OCC1OC(OCc2ccccc2)C(OCc2ccccc2)C1OCc1ccccc1. The van der Waals surface area contributed by atoms with Gasteiger partial charge in [0.25, 0.3) is 0 Å². The van der Waals surface area contributed by atoms with E-state index in [4.69, 9.17) is 18.9 Å². The zero-order valence-corrected chi connectivity index (χ0v) is 17.4. The third kappa shape index (κ3) is 6.00. The molecule has 5 heteroatoms. The smallest absolute Gasteiger partial charge is 0.187 e. The first kappa shape index (κ1) is 21.7. The lowest BCUT2D eigenvalue weighted by Crippen LogP contribution is -2.39. The molecule has 0 radical (unpaired) electrons. The van der Waals surface area contributed by atoms with Gasteiger partial charge >= 0.3 is 0 Å². The summed E-state index contributed by atoms with van der Waals surface area (Å²) < 4.78 is 24.5. The Balaban J connectivity index is 1.46. The van der Waals surface area contributed by atoms with Crippen LogP contribution in [0.2, 0.25) is 0 Å². The van der Waals surface area contributed by atoms with Gasteiger partial charge in [-0.05, 0) is 16.7 Å². The molecule has 0 aliphatic carbocycles. The minimum Gasteiger partial charge on any atom is -0.394 e. The van der Waals surface area contributed by atoms with Gasteiger partial charge in [-0.2, -0.15) is 0 Å². The summed E-state index contributed by atoms with van der Waals surface area (Å²) in [7, 11) is 0. The molecule has 0 spiro atoms. The number of hydrogen-bond acceptors (Lipinski definition) is 5. The summed E-state index contributed by atoms with van der Waals surface area (Å²) in [5.41, 5.74) is 3.15. The van der Waals surface area contributed by atoms with Gasteiger partial charge in [0.1, 0.15) is 18.3 Å². The van der Waals surface area contributed by atoms with Gasteiger partial charge in [0.15, 0.2) is 6.29 Å². The third-order valence-electron chi connectivity index (χ3n) is 5.27. The molecule has 5 nitrogen and oxygen atoms in total. The van der Waals surface area contributed by atoms with Crippen LogP contribution in [0.3, 0.4) is 0 Å². The van der Waals surface area contributed by atoms with Crippen LogP contribution in [-0.4, -0.2) is 36.3 Å². The van der Waals surface area contributed by atoms with Crippen LogP contribution < -0.4 is 0 Å². The van der Waals surface area contributed by atoms with Crippen LogP contribution in [0, 0.1) is 0 Å². The van der Waals surface area contributed by atoms with Crippen LogP contribution in [0.1, 0.15) is 16.7 Å². The highest BCUT2D eigenvalue weighted by atomic mass is 16.7. The summed E-state index contributed by atoms with van der Waals surface area (Å²) in [6.45, 7) is 1.03. The topological polar surface area (TPSA) is 57.2 Å². The van der Waals surface area contributed by atoms with Crippen LogP contribution in [0.25, 0.3) is 0 Å². The van der Waals surface area contributed by atoms with Crippen molar-refractivity contribution in [2.24, 2.45) is 0 Å². The zero-order chi connectivity index (χ0) is 21.3. The second-order valence-electron chi connectivity index (χ2n) is 7.54. The van der Waals surface area contributed by atoms with E-state index in [1.54, 1.807) is 0 Å². The van der Waals surface area contributed by atoms with E-state index in [0.717, 1.165) is 16.7 Å². The first-order valence-electron chi connectivity index (χ1n) is 10.6. The predicted octanol–water partition coefficient (Wildman–Crippen LogP) is 4.09. The maximum atomic E-state index is 9.92. The van der Waals surface area contributed by atoms with E-state index < -0.39 is 24.6 Å². The highest BCUT2D eigenvalue weighted by molar-refractivity contribution is 5.15. The highest BCUT2D eigenvalue weighted by Gasteiger charge is 2.46. The van der Waals surface area contributed by atoms with Gasteiger partial charge < -0.3 is 24.1 Å². The van der Waals surface area contributed by atoms with E-state index in [0.29, 0.717) is 19.8 Å². The lowest BCUT2D eigenvalue weighted by atomic mass is 10.1. The minimum absolute atomic E-state index is 0.171. The lowest BCUT2D eigenvalue weighted by Gasteiger charge is -2.24. The molecule has 3 aromatic rings. The molecule has 4 atom stereocenters. The molecule has 4 unspecified atom stereocenters. The third-order valence-corrected chi connectivity index (χ3v) is 5.27. The van der Waals surface area contributed by atoms with E-state index in [1.807, 2.05) is 91.0 Å². The highest BCUT2D eigenvalue weighted by Crippen LogP contribution is 2.29. The maximum absolute atomic E-state index is 9.92. The second-order valence-corrected chi connectivity index (χ2v) is 7.54. The molecular weight excluding hydrogens is 392 g/mol.